The van der Waals surface area contributed by atoms with E-state index in [9.17, 15) is 4.79 Å². The van der Waals surface area contributed by atoms with Crippen LogP contribution in [0.1, 0.15) is 27.0 Å². The monoisotopic (exact) mass is 470 g/mol. The summed E-state index contributed by atoms with van der Waals surface area (Å²) in [7, 11) is 0. The molecule has 0 aliphatic rings. The van der Waals surface area contributed by atoms with Crippen LogP contribution in [0.4, 0.5) is 5.69 Å². The van der Waals surface area contributed by atoms with Crippen molar-refractivity contribution in [3.05, 3.63) is 81.0 Å². The fourth-order valence-corrected chi connectivity index (χ4v) is 3.27. The molecular formula is C22H16Cl2N4O2S. The smallest absolute Gasteiger partial charge is 0.257 e. The van der Waals surface area contributed by atoms with E-state index >= 15 is 0 Å². The summed E-state index contributed by atoms with van der Waals surface area (Å²) in [5.41, 5.74) is 2.90. The Hall–Kier alpha value is -3.18. The van der Waals surface area contributed by atoms with E-state index in [0.717, 1.165) is 5.56 Å². The number of pyridine rings is 1. The maximum Gasteiger partial charge on any atom is 0.257 e. The summed E-state index contributed by atoms with van der Waals surface area (Å²) < 4.78 is 5.82. The second-order valence-electron chi connectivity index (χ2n) is 6.52. The number of nitriles is 1. The van der Waals surface area contributed by atoms with E-state index in [1.165, 1.54) is 6.20 Å². The van der Waals surface area contributed by atoms with Crippen LogP contribution in [0, 0.1) is 25.2 Å². The van der Waals surface area contributed by atoms with Gasteiger partial charge in [0.1, 0.15) is 6.07 Å². The highest BCUT2D eigenvalue weighted by Gasteiger charge is 2.16. The minimum atomic E-state index is -0.360. The molecule has 1 heterocycles. The minimum Gasteiger partial charge on any atom is -0.437 e. The number of aromatic nitrogens is 1. The molecule has 0 spiro atoms. The Bertz CT molecular complexity index is 1190. The van der Waals surface area contributed by atoms with Gasteiger partial charge in [-0.05, 0) is 73.6 Å². The number of anilines is 1. The van der Waals surface area contributed by atoms with Gasteiger partial charge >= 0.3 is 0 Å². The second-order valence-corrected chi connectivity index (χ2v) is 7.75. The molecule has 0 bridgehead atoms. The predicted octanol–water partition coefficient (Wildman–Crippen LogP) is 5.80. The predicted molar refractivity (Wildman–Crippen MR) is 125 cm³/mol. The molecule has 6 nitrogen and oxygen atoms in total. The molecule has 1 aromatic heterocycles. The SMILES string of the molecule is Cc1cc(NC(=S)NC(=O)c2ccc(Cl)cc2)c(C)c(Cl)c1Oc1ccc(C#N)cn1. The number of halogens is 2. The topological polar surface area (TPSA) is 87.0 Å². The Kier molecular flexibility index (Phi) is 7.08. The van der Waals surface area contributed by atoms with Crippen LogP contribution >= 0.6 is 35.4 Å². The molecule has 0 fully saturated rings. The van der Waals surface area contributed by atoms with Crippen LogP contribution in [0.15, 0.2) is 48.7 Å². The number of carbonyl (C=O) groups excluding carboxylic acids is 1. The number of carbonyl (C=O) groups is 1. The van der Waals surface area contributed by atoms with Crippen molar-refractivity contribution < 1.29 is 9.53 Å². The van der Waals surface area contributed by atoms with Crippen molar-refractivity contribution in [1.82, 2.24) is 10.3 Å². The molecule has 0 aliphatic heterocycles. The molecule has 2 N–H and O–H groups in total. The van der Waals surface area contributed by atoms with Gasteiger partial charge in [0.2, 0.25) is 5.88 Å². The second kappa shape index (κ2) is 9.75. The molecule has 156 valence electrons. The van der Waals surface area contributed by atoms with Crippen molar-refractivity contribution in [2.75, 3.05) is 5.32 Å². The zero-order chi connectivity index (χ0) is 22.5. The first kappa shape index (κ1) is 22.5. The number of amides is 1. The molecule has 3 rings (SSSR count). The van der Waals surface area contributed by atoms with Crippen molar-refractivity contribution in [2.45, 2.75) is 13.8 Å². The molecule has 0 aliphatic carbocycles. The normalized spacial score (nSPS) is 10.2. The number of benzene rings is 2. The third-order valence-electron chi connectivity index (χ3n) is 4.31. The van der Waals surface area contributed by atoms with Crippen LogP contribution in [-0.2, 0) is 0 Å². The van der Waals surface area contributed by atoms with Gasteiger partial charge < -0.3 is 10.1 Å². The number of ether oxygens (including phenoxy) is 1. The van der Waals surface area contributed by atoms with Gasteiger partial charge in [0.25, 0.3) is 5.91 Å². The highest BCUT2D eigenvalue weighted by molar-refractivity contribution is 7.80. The van der Waals surface area contributed by atoms with Gasteiger partial charge in [0.05, 0.1) is 10.6 Å². The number of nitrogens with one attached hydrogen (secondary N) is 2. The maximum atomic E-state index is 12.3. The standard InChI is InChI=1S/C22H16Cl2N4O2S/c1-12-9-17(27-22(31)28-21(29)15-4-6-16(23)7-5-15)13(2)19(24)20(12)30-18-8-3-14(10-25)11-26-18/h3-9,11H,1-2H3,(H2,27,28,29,31). The van der Waals surface area contributed by atoms with Crippen molar-refractivity contribution in [2.24, 2.45) is 0 Å². The average Bonchev–Trinajstić information content (AvgIpc) is 2.75. The lowest BCUT2D eigenvalue weighted by Gasteiger charge is -2.17. The Morgan fingerprint density at radius 3 is 2.48 bits per heavy atom. The molecule has 0 radical (unpaired) electrons. The Morgan fingerprint density at radius 2 is 1.87 bits per heavy atom. The van der Waals surface area contributed by atoms with E-state index in [4.69, 9.17) is 45.4 Å². The van der Waals surface area contributed by atoms with E-state index in [-0.39, 0.29) is 11.0 Å². The van der Waals surface area contributed by atoms with Crippen LogP contribution in [0.2, 0.25) is 10.0 Å². The highest BCUT2D eigenvalue weighted by Crippen LogP contribution is 2.38. The van der Waals surface area contributed by atoms with Gasteiger partial charge in [-0.2, -0.15) is 5.26 Å². The number of hydrogen-bond acceptors (Lipinski definition) is 5. The van der Waals surface area contributed by atoms with Crippen LogP contribution in [0.3, 0.4) is 0 Å². The molecule has 2 aromatic carbocycles. The van der Waals surface area contributed by atoms with Gasteiger partial charge in [0.15, 0.2) is 10.9 Å². The number of hydrogen-bond donors (Lipinski definition) is 2. The molecule has 0 atom stereocenters. The summed E-state index contributed by atoms with van der Waals surface area (Å²) in [6, 6.07) is 13.5. The fourth-order valence-electron chi connectivity index (χ4n) is 2.65. The summed E-state index contributed by atoms with van der Waals surface area (Å²) in [5.74, 6) is 0.398. The van der Waals surface area contributed by atoms with Crippen LogP contribution in [0.5, 0.6) is 11.6 Å². The number of rotatable bonds is 4. The largest absolute Gasteiger partial charge is 0.437 e. The third-order valence-corrected chi connectivity index (χ3v) is 5.22. The average molecular weight is 471 g/mol. The molecule has 0 saturated heterocycles. The number of thiocarbonyl (C=S) groups is 1. The molecule has 0 unspecified atom stereocenters. The Labute approximate surface area is 194 Å². The van der Waals surface area contributed by atoms with Gasteiger partial charge in [-0.1, -0.05) is 23.2 Å². The molecule has 1 amide bonds. The summed E-state index contributed by atoms with van der Waals surface area (Å²) in [4.78, 5) is 16.4. The first-order valence-corrected chi connectivity index (χ1v) is 10.2. The summed E-state index contributed by atoms with van der Waals surface area (Å²) in [5, 5.41) is 15.5. The fraction of sp³-hybridized carbons (Fsp3) is 0.0909. The lowest BCUT2D eigenvalue weighted by atomic mass is 10.1. The van der Waals surface area contributed by atoms with Crippen molar-refractivity contribution in [3.63, 3.8) is 0 Å². The molecule has 0 saturated carbocycles. The van der Waals surface area contributed by atoms with E-state index < -0.39 is 0 Å². The Balaban J connectivity index is 1.74. The molecule has 31 heavy (non-hydrogen) atoms. The molecular weight excluding hydrogens is 455 g/mol. The first-order valence-electron chi connectivity index (χ1n) is 9.00. The van der Waals surface area contributed by atoms with E-state index in [0.29, 0.717) is 44.1 Å². The van der Waals surface area contributed by atoms with Crippen LogP contribution in [0.25, 0.3) is 0 Å². The van der Waals surface area contributed by atoms with Gasteiger partial charge in [-0.3, -0.25) is 10.1 Å². The van der Waals surface area contributed by atoms with E-state index in [2.05, 4.69) is 15.6 Å². The lowest BCUT2D eigenvalue weighted by Crippen LogP contribution is -2.34. The van der Waals surface area contributed by atoms with Crippen molar-refractivity contribution >= 4 is 52.1 Å². The molecule has 3 aromatic rings. The van der Waals surface area contributed by atoms with Crippen LogP contribution < -0.4 is 15.4 Å². The quantitative estimate of drug-likeness (QED) is 0.468. The summed E-state index contributed by atoms with van der Waals surface area (Å²) in [6.45, 7) is 3.62. The van der Waals surface area contributed by atoms with Crippen molar-refractivity contribution in [3.8, 4) is 17.7 Å². The minimum absolute atomic E-state index is 0.126. The van der Waals surface area contributed by atoms with Gasteiger partial charge in [0, 0.05) is 28.5 Å². The first-order chi connectivity index (χ1) is 14.8. The van der Waals surface area contributed by atoms with Crippen molar-refractivity contribution in [1.29, 1.82) is 5.26 Å². The van der Waals surface area contributed by atoms with E-state index in [1.54, 1.807) is 49.4 Å². The van der Waals surface area contributed by atoms with E-state index in [1.807, 2.05) is 13.0 Å². The lowest BCUT2D eigenvalue weighted by molar-refractivity contribution is 0.0977. The van der Waals surface area contributed by atoms with Gasteiger partial charge in [-0.15, -0.1) is 0 Å². The molecule has 9 heteroatoms. The maximum absolute atomic E-state index is 12.3. The van der Waals surface area contributed by atoms with Gasteiger partial charge in [-0.25, -0.2) is 4.98 Å². The summed E-state index contributed by atoms with van der Waals surface area (Å²) >= 11 is 17.6. The number of nitrogens with zero attached hydrogens (tertiary/aromatic N) is 2. The highest BCUT2D eigenvalue weighted by atomic mass is 35.5. The zero-order valence-electron chi connectivity index (χ0n) is 16.5. The Morgan fingerprint density at radius 1 is 1.16 bits per heavy atom. The third kappa shape index (κ3) is 5.50. The van der Waals surface area contributed by atoms with Crippen LogP contribution in [-0.4, -0.2) is 16.0 Å². The number of aryl methyl sites for hydroxylation is 1. The summed E-state index contributed by atoms with van der Waals surface area (Å²) in [6.07, 6.45) is 1.42. The zero-order valence-corrected chi connectivity index (χ0v) is 18.8.